The summed E-state index contributed by atoms with van der Waals surface area (Å²) >= 11 is 0. The summed E-state index contributed by atoms with van der Waals surface area (Å²) in [5.41, 5.74) is 3.85. The van der Waals surface area contributed by atoms with Crippen LogP contribution in [-0.2, 0) is 17.7 Å². The van der Waals surface area contributed by atoms with Crippen LogP contribution in [0.3, 0.4) is 0 Å². The van der Waals surface area contributed by atoms with E-state index in [1.807, 2.05) is 42.5 Å². The molecule has 0 aliphatic carbocycles. The number of methoxy groups -OCH3 is 1. The minimum absolute atomic E-state index is 0.0772. The Morgan fingerprint density at radius 1 is 1.15 bits per heavy atom. The summed E-state index contributed by atoms with van der Waals surface area (Å²) < 4.78 is 13.7. The van der Waals surface area contributed by atoms with Crippen molar-refractivity contribution in [3.63, 3.8) is 0 Å². The first-order valence-corrected chi connectivity index (χ1v) is 9.21. The zero-order valence-electron chi connectivity index (χ0n) is 15.1. The van der Waals surface area contributed by atoms with Crippen LogP contribution < -0.4 is 5.69 Å². The molecule has 0 saturated heterocycles. The number of nitrogens with one attached hydrogen (secondary N) is 1. The first-order chi connectivity index (χ1) is 13.3. The van der Waals surface area contributed by atoms with Crippen LogP contribution in [0, 0.1) is 0 Å². The summed E-state index contributed by atoms with van der Waals surface area (Å²) in [6.45, 7) is 2.17. The maximum atomic E-state index is 12.3. The molecule has 5 rings (SSSR count). The van der Waals surface area contributed by atoms with Crippen molar-refractivity contribution in [1.29, 1.82) is 0 Å². The van der Waals surface area contributed by atoms with Gasteiger partial charge in [0, 0.05) is 37.7 Å². The molecular formula is C21H21N3O3. The van der Waals surface area contributed by atoms with Gasteiger partial charge >= 0.3 is 5.69 Å². The number of para-hydroxylation sites is 3. The van der Waals surface area contributed by atoms with Gasteiger partial charge in [-0.05, 0) is 24.6 Å². The number of hydrogen-bond acceptors (Lipinski definition) is 4. The second-order valence-corrected chi connectivity index (χ2v) is 6.91. The number of hydrogen-bond donors (Lipinski definition) is 1. The minimum Gasteiger partial charge on any atom is -0.457 e. The van der Waals surface area contributed by atoms with Crippen LogP contribution in [0.2, 0.25) is 0 Å². The van der Waals surface area contributed by atoms with Gasteiger partial charge in [0.25, 0.3) is 0 Å². The van der Waals surface area contributed by atoms with Crippen molar-refractivity contribution in [1.82, 2.24) is 14.5 Å². The third-order valence-corrected chi connectivity index (χ3v) is 5.45. The van der Waals surface area contributed by atoms with Gasteiger partial charge in [-0.15, -0.1) is 0 Å². The van der Waals surface area contributed by atoms with Gasteiger partial charge in [-0.1, -0.05) is 30.3 Å². The quantitative estimate of drug-likeness (QED) is 0.604. The normalized spacial score (nSPS) is 17.6. The zero-order valence-corrected chi connectivity index (χ0v) is 15.1. The Labute approximate surface area is 156 Å². The molecule has 0 saturated carbocycles. The van der Waals surface area contributed by atoms with Gasteiger partial charge < -0.3 is 14.1 Å². The van der Waals surface area contributed by atoms with Crippen LogP contribution in [0.4, 0.5) is 0 Å². The number of imidazole rings is 1. The molecule has 0 fully saturated rings. The highest BCUT2D eigenvalue weighted by Gasteiger charge is 2.32. The van der Waals surface area contributed by atoms with Crippen molar-refractivity contribution in [2.75, 3.05) is 20.2 Å². The molecule has 6 nitrogen and oxygen atoms in total. The number of nitrogens with zero attached hydrogens (tertiary/aromatic N) is 2. The van der Waals surface area contributed by atoms with Crippen molar-refractivity contribution in [2.45, 2.75) is 19.2 Å². The Balaban J connectivity index is 1.44. The molecule has 138 valence electrons. The molecule has 1 aliphatic rings. The first kappa shape index (κ1) is 16.4. The predicted octanol–water partition coefficient (Wildman–Crippen LogP) is 3.28. The lowest BCUT2D eigenvalue weighted by Crippen LogP contribution is -2.38. The molecule has 27 heavy (non-hydrogen) atoms. The van der Waals surface area contributed by atoms with E-state index in [0.29, 0.717) is 13.1 Å². The molecule has 6 heteroatoms. The van der Waals surface area contributed by atoms with Crippen LogP contribution in [0.25, 0.3) is 22.0 Å². The highest BCUT2D eigenvalue weighted by molar-refractivity contribution is 5.82. The number of fused-ring (bicyclic) bond motifs is 4. The lowest BCUT2D eigenvalue weighted by atomic mass is 10.0. The number of rotatable bonds is 4. The highest BCUT2D eigenvalue weighted by atomic mass is 16.5. The van der Waals surface area contributed by atoms with E-state index in [1.165, 1.54) is 10.9 Å². The molecule has 0 bridgehead atoms. The maximum Gasteiger partial charge on any atom is 0.326 e. The fourth-order valence-corrected chi connectivity index (χ4v) is 4.16. The summed E-state index contributed by atoms with van der Waals surface area (Å²) in [5.74, 6) is 0.885. The van der Waals surface area contributed by atoms with Crippen LogP contribution in [0.1, 0.15) is 17.6 Å². The third-order valence-electron chi connectivity index (χ3n) is 5.45. The number of aromatic nitrogens is 2. The van der Waals surface area contributed by atoms with Gasteiger partial charge in [0.1, 0.15) is 5.58 Å². The molecule has 0 amide bonds. The van der Waals surface area contributed by atoms with Crippen molar-refractivity contribution in [3.05, 3.63) is 70.3 Å². The fourth-order valence-electron chi connectivity index (χ4n) is 4.16. The molecule has 1 N–H and O–H groups in total. The lowest BCUT2D eigenvalue weighted by molar-refractivity contribution is -0.0562. The van der Waals surface area contributed by atoms with E-state index in [4.69, 9.17) is 9.15 Å². The predicted molar refractivity (Wildman–Crippen MR) is 104 cm³/mol. The SMILES string of the molecule is COC1c2oc3ccccc3c2CCN1CCn1c(=O)[nH]c2ccccc21. The number of ether oxygens (including phenoxy) is 1. The molecule has 4 aromatic rings. The first-order valence-electron chi connectivity index (χ1n) is 9.21. The summed E-state index contributed by atoms with van der Waals surface area (Å²) in [4.78, 5) is 17.5. The molecule has 1 atom stereocenters. The Hall–Kier alpha value is -2.83. The molecule has 3 heterocycles. The van der Waals surface area contributed by atoms with Crippen molar-refractivity contribution >= 4 is 22.0 Å². The second-order valence-electron chi connectivity index (χ2n) is 6.91. The van der Waals surface area contributed by atoms with Crippen LogP contribution in [-0.4, -0.2) is 34.7 Å². The van der Waals surface area contributed by atoms with Crippen LogP contribution >= 0.6 is 0 Å². The van der Waals surface area contributed by atoms with Crippen LogP contribution in [0.5, 0.6) is 0 Å². The third kappa shape index (κ3) is 2.60. The standard InChI is InChI=1S/C21H21N3O3/c1-26-20-19-15(14-6-2-5-9-18(14)27-19)10-11-23(20)12-13-24-17-8-4-3-7-16(17)22-21(24)25/h2-9,20H,10-13H2,1H3,(H,22,25). The van der Waals surface area contributed by atoms with E-state index in [9.17, 15) is 4.79 Å². The van der Waals surface area contributed by atoms with Crippen molar-refractivity contribution in [3.8, 4) is 0 Å². The summed E-state index contributed by atoms with van der Waals surface area (Å²) in [6.07, 6.45) is 0.677. The van der Waals surface area contributed by atoms with E-state index in [1.54, 1.807) is 11.7 Å². The van der Waals surface area contributed by atoms with Gasteiger partial charge in [-0.3, -0.25) is 9.47 Å². The number of furan rings is 1. The monoisotopic (exact) mass is 363 g/mol. The number of H-pyrrole nitrogens is 1. The molecule has 1 aliphatic heterocycles. The van der Waals surface area contributed by atoms with Crippen molar-refractivity contribution in [2.24, 2.45) is 0 Å². The Kier molecular flexibility index (Phi) is 3.88. The van der Waals surface area contributed by atoms with Gasteiger partial charge in [-0.2, -0.15) is 0 Å². The van der Waals surface area contributed by atoms with Crippen molar-refractivity contribution < 1.29 is 9.15 Å². The number of benzene rings is 2. The topological polar surface area (TPSA) is 63.4 Å². The molecule has 2 aromatic heterocycles. The Morgan fingerprint density at radius 3 is 2.85 bits per heavy atom. The molecule has 1 unspecified atom stereocenters. The van der Waals surface area contributed by atoms with E-state index in [0.717, 1.165) is 35.3 Å². The summed E-state index contributed by atoms with van der Waals surface area (Å²) in [6, 6.07) is 15.9. The second kappa shape index (κ2) is 6.40. The molecule has 0 radical (unpaired) electrons. The maximum absolute atomic E-state index is 12.3. The summed E-state index contributed by atoms with van der Waals surface area (Å²) in [5, 5.41) is 1.17. The smallest absolute Gasteiger partial charge is 0.326 e. The zero-order chi connectivity index (χ0) is 18.4. The number of aromatic amines is 1. The van der Waals surface area contributed by atoms with E-state index in [-0.39, 0.29) is 11.9 Å². The highest BCUT2D eigenvalue weighted by Crippen LogP contribution is 2.37. The van der Waals surface area contributed by atoms with E-state index < -0.39 is 0 Å². The van der Waals surface area contributed by atoms with Gasteiger partial charge in [0.15, 0.2) is 12.0 Å². The molecule has 0 spiro atoms. The van der Waals surface area contributed by atoms with Gasteiger partial charge in [0.05, 0.1) is 11.0 Å². The Morgan fingerprint density at radius 2 is 1.96 bits per heavy atom. The molecular weight excluding hydrogens is 342 g/mol. The van der Waals surface area contributed by atoms with Crippen LogP contribution in [0.15, 0.2) is 57.7 Å². The van der Waals surface area contributed by atoms with Gasteiger partial charge in [-0.25, -0.2) is 4.79 Å². The fraction of sp³-hybridized carbons (Fsp3) is 0.286. The van der Waals surface area contributed by atoms with Gasteiger partial charge in [0.2, 0.25) is 0 Å². The van der Waals surface area contributed by atoms with E-state index in [2.05, 4.69) is 16.0 Å². The average molecular weight is 363 g/mol. The lowest BCUT2D eigenvalue weighted by Gasteiger charge is -2.33. The Bertz CT molecular complexity index is 1170. The minimum atomic E-state index is -0.234. The molecule has 2 aromatic carbocycles. The largest absolute Gasteiger partial charge is 0.457 e. The van der Waals surface area contributed by atoms with E-state index >= 15 is 0 Å². The average Bonchev–Trinajstić information content (AvgIpc) is 3.22. The summed E-state index contributed by atoms with van der Waals surface area (Å²) in [7, 11) is 1.71.